The molecule has 0 unspecified atom stereocenters. The molecule has 1 aromatic rings. The summed E-state index contributed by atoms with van der Waals surface area (Å²) >= 11 is 0. The minimum Gasteiger partial charge on any atom is -0.298 e. The van der Waals surface area contributed by atoms with Crippen LogP contribution in [-0.2, 0) is 11.3 Å². The molecule has 1 aromatic carbocycles. The number of likely N-dealkylation sites (tertiary alicyclic amines) is 1. The number of rotatable bonds is 2. The van der Waals surface area contributed by atoms with Gasteiger partial charge in [-0.3, -0.25) is 9.69 Å². The lowest BCUT2D eigenvalue weighted by Crippen LogP contribution is -2.34. The summed E-state index contributed by atoms with van der Waals surface area (Å²) in [6.07, 6.45) is 1.79. The molecule has 0 atom stereocenters. The average molecular weight is 219 g/mol. The number of carbonyl (C=O) groups excluding carboxylic acids is 1. The Morgan fingerprint density at radius 1 is 1.19 bits per heavy atom. The molecule has 16 heavy (non-hydrogen) atoms. The van der Waals surface area contributed by atoms with Gasteiger partial charge in [0.25, 0.3) is 0 Å². The topological polar surface area (TPSA) is 20.3 Å². The number of hydrogen-bond acceptors (Lipinski definition) is 2. The monoisotopic (exact) mass is 219 g/mol. The third-order valence-electron chi connectivity index (χ3n) is 2.58. The second-order valence-electron chi connectivity index (χ2n) is 3.84. The predicted molar refractivity (Wildman–Crippen MR) is 67.3 cm³/mol. The molecule has 0 bridgehead atoms. The lowest BCUT2D eigenvalue weighted by atomic mass is 10.1. The number of Topliss-reactive ketones (excluding diaryl/α,β-unsaturated/α-hetero) is 1. The average Bonchev–Trinajstić information content (AvgIpc) is 2.33. The molecule has 2 heteroatoms. The van der Waals surface area contributed by atoms with Crippen molar-refractivity contribution in [3.63, 3.8) is 0 Å². The van der Waals surface area contributed by atoms with E-state index in [2.05, 4.69) is 17.0 Å². The fourth-order valence-corrected chi connectivity index (χ4v) is 1.88. The number of carbonyl (C=O) groups is 1. The van der Waals surface area contributed by atoms with Crippen molar-refractivity contribution in [1.82, 2.24) is 4.90 Å². The normalized spacial score (nSPS) is 16.5. The maximum absolute atomic E-state index is 11.2. The molecule has 1 saturated heterocycles. The van der Waals surface area contributed by atoms with Gasteiger partial charge < -0.3 is 0 Å². The van der Waals surface area contributed by atoms with E-state index in [1.165, 1.54) is 5.56 Å². The highest BCUT2D eigenvalue weighted by Gasteiger charge is 2.16. The standard InChI is InChI=1S/C12H15NO.C2H6/c14-12-7-4-8-13(10-12)9-11-5-2-1-3-6-11;1-2/h1-3,5-6H,4,7-10H2;1-2H3. The molecule has 1 fully saturated rings. The number of hydrogen-bond donors (Lipinski definition) is 0. The van der Waals surface area contributed by atoms with E-state index < -0.39 is 0 Å². The van der Waals surface area contributed by atoms with Gasteiger partial charge in [0.1, 0.15) is 5.78 Å². The van der Waals surface area contributed by atoms with Crippen LogP contribution in [0.3, 0.4) is 0 Å². The lowest BCUT2D eigenvalue weighted by molar-refractivity contribution is -0.122. The van der Waals surface area contributed by atoms with Crippen LogP contribution in [0.25, 0.3) is 0 Å². The molecule has 0 aromatic heterocycles. The van der Waals surface area contributed by atoms with Crippen LogP contribution >= 0.6 is 0 Å². The quantitative estimate of drug-likeness (QED) is 0.762. The van der Waals surface area contributed by atoms with Crippen LogP contribution in [0, 0.1) is 0 Å². The first-order valence-electron chi connectivity index (χ1n) is 6.12. The summed E-state index contributed by atoms with van der Waals surface area (Å²) in [5.41, 5.74) is 1.29. The van der Waals surface area contributed by atoms with Crippen LogP contribution < -0.4 is 0 Å². The molecule has 0 saturated carbocycles. The zero-order valence-electron chi connectivity index (χ0n) is 10.3. The summed E-state index contributed by atoms with van der Waals surface area (Å²) in [6, 6.07) is 10.3. The zero-order valence-corrected chi connectivity index (χ0v) is 10.3. The van der Waals surface area contributed by atoms with E-state index in [9.17, 15) is 4.79 Å². The van der Waals surface area contributed by atoms with Gasteiger partial charge in [-0.25, -0.2) is 0 Å². The van der Waals surface area contributed by atoms with Gasteiger partial charge in [-0.2, -0.15) is 0 Å². The lowest BCUT2D eigenvalue weighted by Gasteiger charge is -2.25. The number of piperidine rings is 1. The number of nitrogens with zero attached hydrogens (tertiary/aromatic N) is 1. The highest BCUT2D eigenvalue weighted by molar-refractivity contribution is 5.81. The van der Waals surface area contributed by atoms with E-state index in [1.54, 1.807) is 0 Å². The summed E-state index contributed by atoms with van der Waals surface area (Å²) in [7, 11) is 0. The Morgan fingerprint density at radius 3 is 2.50 bits per heavy atom. The molecule has 1 heterocycles. The Labute approximate surface area is 98.3 Å². The molecule has 1 aliphatic heterocycles. The third kappa shape index (κ3) is 4.15. The van der Waals surface area contributed by atoms with Gasteiger partial charge in [0.15, 0.2) is 0 Å². The van der Waals surface area contributed by atoms with E-state index >= 15 is 0 Å². The maximum atomic E-state index is 11.2. The second kappa shape index (κ2) is 7.18. The molecule has 0 aliphatic carbocycles. The molecule has 0 radical (unpaired) electrons. The third-order valence-corrected chi connectivity index (χ3v) is 2.58. The van der Waals surface area contributed by atoms with Crippen molar-refractivity contribution in [2.24, 2.45) is 0 Å². The highest BCUT2D eigenvalue weighted by atomic mass is 16.1. The number of ketones is 1. The fraction of sp³-hybridized carbons (Fsp3) is 0.500. The van der Waals surface area contributed by atoms with Crippen molar-refractivity contribution >= 4 is 5.78 Å². The molecular weight excluding hydrogens is 198 g/mol. The van der Waals surface area contributed by atoms with Crippen LogP contribution in [0.4, 0.5) is 0 Å². The first kappa shape index (κ1) is 12.9. The summed E-state index contributed by atoms with van der Waals surface area (Å²) in [5, 5.41) is 0. The van der Waals surface area contributed by atoms with Gasteiger partial charge >= 0.3 is 0 Å². The van der Waals surface area contributed by atoms with Gasteiger partial charge in [0.05, 0.1) is 6.54 Å². The van der Waals surface area contributed by atoms with Gasteiger partial charge in [-0.15, -0.1) is 0 Å². The van der Waals surface area contributed by atoms with Crippen LogP contribution in [0.5, 0.6) is 0 Å². The molecule has 2 rings (SSSR count). The Bertz CT molecular complexity index is 308. The fourth-order valence-electron chi connectivity index (χ4n) is 1.88. The van der Waals surface area contributed by atoms with Crippen molar-refractivity contribution in [3.8, 4) is 0 Å². The minimum atomic E-state index is 0.382. The SMILES string of the molecule is CC.O=C1CCCN(Cc2ccccc2)C1. The molecule has 88 valence electrons. The van der Waals surface area contributed by atoms with Crippen molar-refractivity contribution in [2.75, 3.05) is 13.1 Å². The predicted octanol–water partition coefficient (Wildman–Crippen LogP) is 2.88. The number of benzene rings is 1. The van der Waals surface area contributed by atoms with Gasteiger partial charge in [0.2, 0.25) is 0 Å². The van der Waals surface area contributed by atoms with E-state index in [-0.39, 0.29) is 0 Å². The molecule has 0 amide bonds. The van der Waals surface area contributed by atoms with Crippen LogP contribution in [0.15, 0.2) is 30.3 Å². The smallest absolute Gasteiger partial charge is 0.146 e. The summed E-state index contributed by atoms with van der Waals surface area (Å²) in [4.78, 5) is 13.4. The zero-order chi connectivity index (χ0) is 11.8. The maximum Gasteiger partial charge on any atom is 0.146 e. The summed E-state index contributed by atoms with van der Waals surface area (Å²) in [6.45, 7) is 6.60. The van der Waals surface area contributed by atoms with Gasteiger partial charge in [-0.05, 0) is 18.5 Å². The van der Waals surface area contributed by atoms with Crippen molar-refractivity contribution in [3.05, 3.63) is 35.9 Å². The van der Waals surface area contributed by atoms with Crippen LogP contribution in [0.2, 0.25) is 0 Å². The molecule has 0 spiro atoms. The van der Waals surface area contributed by atoms with Gasteiger partial charge in [-0.1, -0.05) is 44.2 Å². The molecule has 0 N–H and O–H groups in total. The summed E-state index contributed by atoms with van der Waals surface area (Å²) in [5.74, 6) is 0.382. The van der Waals surface area contributed by atoms with Crippen molar-refractivity contribution < 1.29 is 4.79 Å². The molecule has 1 aliphatic rings. The van der Waals surface area contributed by atoms with E-state index in [4.69, 9.17) is 0 Å². The van der Waals surface area contributed by atoms with Crippen molar-refractivity contribution in [2.45, 2.75) is 33.2 Å². The van der Waals surface area contributed by atoms with Crippen molar-refractivity contribution in [1.29, 1.82) is 0 Å². The highest BCUT2D eigenvalue weighted by Crippen LogP contribution is 2.10. The Kier molecular flexibility index (Phi) is 5.79. The Balaban J connectivity index is 0.000000606. The largest absolute Gasteiger partial charge is 0.298 e. The van der Waals surface area contributed by atoms with Gasteiger partial charge in [0, 0.05) is 13.0 Å². The molecule has 2 nitrogen and oxygen atoms in total. The Morgan fingerprint density at radius 2 is 1.88 bits per heavy atom. The first-order chi connectivity index (χ1) is 7.84. The van der Waals surface area contributed by atoms with E-state index in [0.29, 0.717) is 12.3 Å². The van der Waals surface area contributed by atoms with E-state index in [1.807, 2.05) is 32.0 Å². The first-order valence-corrected chi connectivity index (χ1v) is 6.12. The van der Waals surface area contributed by atoms with Crippen LogP contribution in [-0.4, -0.2) is 23.8 Å². The van der Waals surface area contributed by atoms with E-state index in [0.717, 1.165) is 25.9 Å². The summed E-state index contributed by atoms with van der Waals surface area (Å²) < 4.78 is 0. The van der Waals surface area contributed by atoms with Crippen LogP contribution in [0.1, 0.15) is 32.3 Å². The minimum absolute atomic E-state index is 0.382. The second-order valence-corrected chi connectivity index (χ2v) is 3.84. The molecular formula is C14H21NO. The Hall–Kier alpha value is -1.15.